The van der Waals surface area contributed by atoms with Gasteiger partial charge in [-0.3, -0.25) is 4.79 Å². The van der Waals surface area contributed by atoms with Crippen molar-refractivity contribution >= 4 is 22.9 Å². The third kappa shape index (κ3) is 4.02. The Morgan fingerprint density at radius 2 is 1.89 bits per heavy atom. The lowest BCUT2D eigenvalue weighted by atomic mass is 10.3. The number of ether oxygens (including phenoxy) is 1. The number of anilines is 1. The summed E-state index contributed by atoms with van der Waals surface area (Å²) < 4.78 is 18.4. The van der Waals surface area contributed by atoms with Crippen LogP contribution < -0.4 is 9.64 Å². The third-order valence-electron chi connectivity index (χ3n) is 4.70. The first-order valence-electron chi connectivity index (χ1n) is 9.05. The van der Waals surface area contributed by atoms with Gasteiger partial charge >= 0.3 is 0 Å². The highest BCUT2D eigenvalue weighted by atomic mass is 19.1. The van der Waals surface area contributed by atoms with Gasteiger partial charge in [0, 0.05) is 26.2 Å². The van der Waals surface area contributed by atoms with Crippen LogP contribution in [0.2, 0.25) is 0 Å². The number of aromatic amines is 1. The number of fused-ring (bicyclic) bond motifs is 1. The number of halogens is 1. The zero-order valence-corrected chi connectivity index (χ0v) is 14.9. The normalized spacial score (nSPS) is 15.0. The fraction of sp³-hybridized carbons (Fsp3) is 0.300. The van der Waals surface area contributed by atoms with E-state index in [0.29, 0.717) is 25.4 Å². The number of hydrogen-bond acceptors (Lipinski definition) is 4. The van der Waals surface area contributed by atoms with E-state index in [4.69, 9.17) is 4.74 Å². The predicted molar refractivity (Wildman–Crippen MR) is 101 cm³/mol. The monoisotopic (exact) mass is 368 g/mol. The number of rotatable bonds is 4. The molecule has 4 rings (SSSR count). The lowest BCUT2D eigenvalue weighted by Gasteiger charge is -2.21. The van der Waals surface area contributed by atoms with E-state index in [0.717, 1.165) is 29.9 Å². The number of aromatic nitrogens is 2. The van der Waals surface area contributed by atoms with Gasteiger partial charge < -0.3 is 19.5 Å². The van der Waals surface area contributed by atoms with Crippen LogP contribution in [0, 0.1) is 5.82 Å². The van der Waals surface area contributed by atoms with Crippen LogP contribution in [0.1, 0.15) is 6.42 Å². The van der Waals surface area contributed by atoms with Crippen molar-refractivity contribution in [3.8, 4) is 5.75 Å². The average Bonchev–Trinajstić information content (AvgIpc) is 2.96. The van der Waals surface area contributed by atoms with Crippen molar-refractivity contribution in [2.45, 2.75) is 6.42 Å². The summed E-state index contributed by atoms with van der Waals surface area (Å²) in [5.41, 5.74) is 1.95. The number of amides is 1. The van der Waals surface area contributed by atoms with Crippen molar-refractivity contribution in [3.05, 3.63) is 54.3 Å². The number of imidazole rings is 1. The van der Waals surface area contributed by atoms with E-state index in [1.807, 2.05) is 29.2 Å². The minimum atomic E-state index is -0.327. The highest BCUT2D eigenvalue weighted by Gasteiger charge is 2.21. The molecule has 0 radical (unpaired) electrons. The van der Waals surface area contributed by atoms with Crippen LogP contribution in [0.3, 0.4) is 0 Å². The standard InChI is InChI=1S/C20H21FN4O2/c21-15-6-8-16(9-7-15)27-14-19(26)24-10-3-11-25(13-12-24)20-22-17-4-1-2-5-18(17)23-20/h1-2,4-9H,3,10-14H2,(H,22,23). The SMILES string of the molecule is O=C(COc1ccc(F)cc1)N1CCCN(c2nc3ccccc3[nH]2)CC1. The summed E-state index contributed by atoms with van der Waals surface area (Å²) in [4.78, 5) is 24.4. The fourth-order valence-electron chi connectivity index (χ4n) is 3.23. The van der Waals surface area contributed by atoms with Crippen LogP contribution in [-0.4, -0.2) is 53.6 Å². The van der Waals surface area contributed by atoms with E-state index in [1.165, 1.54) is 24.3 Å². The van der Waals surface area contributed by atoms with Crippen LogP contribution in [0.5, 0.6) is 5.75 Å². The Morgan fingerprint density at radius 1 is 1.07 bits per heavy atom. The summed E-state index contributed by atoms with van der Waals surface area (Å²) in [6.45, 7) is 2.80. The van der Waals surface area contributed by atoms with Crippen molar-refractivity contribution in [2.75, 3.05) is 37.7 Å². The lowest BCUT2D eigenvalue weighted by Crippen LogP contribution is -2.38. The zero-order chi connectivity index (χ0) is 18.6. The molecule has 0 saturated carbocycles. The Kier molecular flexibility index (Phi) is 4.91. The molecule has 27 heavy (non-hydrogen) atoms. The maximum Gasteiger partial charge on any atom is 0.260 e. The van der Waals surface area contributed by atoms with Crippen molar-refractivity contribution < 1.29 is 13.9 Å². The summed E-state index contributed by atoms with van der Waals surface area (Å²) in [5.74, 6) is 0.939. The molecule has 0 unspecified atom stereocenters. The zero-order valence-electron chi connectivity index (χ0n) is 14.9. The second-order valence-corrected chi connectivity index (χ2v) is 6.54. The minimum absolute atomic E-state index is 0.0454. The molecule has 1 fully saturated rings. The summed E-state index contributed by atoms with van der Waals surface area (Å²) >= 11 is 0. The quantitative estimate of drug-likeness (QED) is 0.769. The number of para-hydroxylation sites is 2. The van der Waals surface area contributed by atoms with Gasteiger partial charge in [0.25, 0.3) is 5.91 Å². The molecule has 0 atom stereocenters. The summed E-state index contributed by atoms with van der Waals surface area (Å²) in [6, 6.07) is 13.6. The first-order valence-corrected chi connectivity index (χ1v) is 9.05. The second-order valence-electron chi connectivity index (χ2n) is 6.54. The van der Waals surface area contributed by atoms with Gasteiger partial charge in [-0.1, -0.05) is 12.1 Å². The van der Waals surface area contributed by atoms with Gasteiger partial charge in [-0.2, -0.15) is 0 Å². The predicted octanol–water partition coefficient (Wildman–Crippen LogP) is 2.82. The van der Waals surface area contributed by atoms with Gasteiger partial charge in [0.05, 0.1) is 11.0 Å². The Morgan fingerprint density at radius 3 is 2.70 bits per heavy atom. The maximum atomic E-state index is 12.9. The number of nitrogens with one attached hydrogen (secondary N) is 1. The molecule has 6 nitrogen and oxygen atoms in total. The summed E-state index contributed by atoms with van der Waals surface area (Å²) in [6.07, 6.45) is 0.860. The van der Waals surface area contributed by atoms with Gasteiger partial charge in [-0.15, -0.1) is 0 Å². The average molecular weight is 368 g/mol. The van der Waals surface area contributed by atoms with Crippen molar-refractivity contribution in [1.82, 2.24) is 14.9 Å². The number of carbonyl (C=O) groups excluding carboxylic acids is 1. The molecule has 3 aromatic rings. The van der Waals surface area contributed by atoms with E-state index in [9.17, 15) is 9.18 Å². The molecular formula is C20H21FN4O2. The largest absolute Gasteiger partial charge is 0.484 e. The molecule has 1 aromatic heterocycles. The van der Waals surface area contributed by atoms with Crippen LogP contribution in [-0.2, 0) is 4.79 Å². The van der Waals surface area contributed by atoms with Crippen LogP contribution in [0.4, 0.5) is 10.3 Å². The number of benzene rings is 2. The summed E-state index contributed by atoms with van der Waals surface area (Å²) in [5, 5.41) is 0. The van der Waals surface area contributed by atoms with Crippen LogP contribution in [0.15, 0.2) is 48.5 Å². The third-order valence-corrected chi connectivity index (χ3v) is 4.70. The molecule has 0 bridgehead atoms. The van der Waals surface area contributed by atoms with Gasteiger partial charge in [0.1, 0.15) is 11.6 Å². The number of nitrogens with zero attached hydrogens (tertiary/aromatic N) is 3. The molecule has 1 N–H and O–H groups in total. The van der Waals surface area contributed by atoms with Crippen molar-refractivity contribution in [1.29, 1.82) is 0 Å². The highest BCUT2D eigenvalue weighted by molar-refractivity contribution is 5.78. The molecule has 1 amide bonds. The van der Waals surface area contributed by atoms with Gasteiger partial charge in [-0.25, -0.2) is 9.37 Å². The van der Waals surface area contributed by atoms with Gasteiger partial charge in [0.2, 0.25) is 5.95 Å². The van der Waals surface area contributed by atoms with Crippen LogP contribution >= 0.6 is 0 Å². The van der Waals surface area contributed by atoms with Crippen molar-refractivity contribution in [3.63, 3.8) is 0 Å². The molecule has 140 valence electrons. The summed E-state index contributed by atoms with van der Waals surface area (Å²) in [7, 11) is 0. The molecular weight excluding hydrogens is 347 g/mol. The Balaban J connectivity index is 1.34. The Bertz CT molecular complexity index is 892. The lowest BCUT2D eigenvalue weighted by molar-refractivity contribution is -0.133. The Hall–Kier alpha value is -3.09. The molecule has 2 heterocycles. The molecule has 1 aliphatic heterocycles. The van der Waals surface area contributed by atoms with Gasteiger partial charge in [-0.05, 0) is 42.8 Å². The molecule has 7 heteroatoms. The molecule has 2 aromatic carbocycles. The van der Waals surface area contributed by atoms with E-state index >= 15 is 0 Å². The minimum Gasteiger partial charge on any atom is -0.484 e. The van der Waals surface area contributed by atoms with E-state index in [1.54, 1.807) is 0 Å². The number of carbonyl (C=O) groups is 1. The van der Waals surface area contributed by atoms with E-state index in [-0.39, 0.29) is 18.3 Å². The first-order chi connectivity index (χ1) is 13.2. The molecule has 0 aliphatic carbocycles. The molecule has 1 aliphatic rings. The molecule has 1 saturated heterocycles. The van der Waals surface area contributed by atoms with E-state index < -0.39 is 0 Å². The topological polar surface area (TPSA) is 61.5 Å². The van der Waals surface area contributed by atoms with Crippen molar-refractivity contribution in [2.24, 2.45) is 0 Å². The maximum absolute atomic E-state index is 12.9. The second kappa shape index (κ2) is 7.65. The fourth-order valence-corrected chi connectivity index (χ4v) is 3.23. The van der Waals surface area contributed by atoms with E-state index in [2.05, 4.69) is 14.9 Å². The Labute approximate surface area is 156 Å². The first kappa shape index (κ1) is 17.3. The molecule has 0 spiro atoms. The van der Waals surface area contributed by atoms with Crippen LogP contribution in [0.25, 0.3) is 11.0 Å². The number of H-pyrrole nitrogens is 1. The highest BCUT2D eigenvalue weighted by Crippen LogP contribution is 2.18. The van der Waals surface area contributed by atoms with Gasteiger partial charge in [0.15, 0.2) is 6.61 Å². The smallest absolute Gasteiger partial charge is 0.260 e. The number of hydrogen-bond donors (Lipinski definition) is 1.